The average molecular weight is 812 g/mol. The minimum atomic E-state index is -4.60. The molecule has 1 N–H and O–H groups in total. The number of halogens is 3. The van der Waals surface area contributed by atoms with Crippen LogP contribution >= 0.6 is 0 Å². The molecular formula is C43H48F3N9O4. The Kier molecular flexibility index (Phi) is 10.4. The highest BCUT2D eigenvalue weighted by atomic mass is 19.4. The molecule has 310 valence electrons. The molecule has 3 saturated heterocycles. The minimum absolute atomic E-state index is 0.0676. The first kappa shape index (κ1) is 39.1. The summed E-state index contributed by atoms with van der Waals surface area (Å²) in [7, 11) is 1.69. The fourth-order valence-corrected chi connectivity index (χ4v) is 9.03. The van der Waals surface area contributed by atoms with E-state index in [4.69, 9.17) is 24.2 Å². The number of amides is 1. The number of H-pyrrole nitrogens is 1. The van der Waals surface area contributed by atoms with Crippen LogP contribution in [0.3, 0.4) is 0 Å². The van der Waals surface area contributed by atoms with Crippen molar-refractivity contribution in [3.05, 3.63) is 66.4 Å². The second-order valence-corrected chi connectivity index (χ2v) is 16.5. The van der Waals surface area contributed by atoms with Crippen molar-refractivity contribution in [2.75, 3.05) is 71.0 Å². The number of nitrogens with zero attached hydrogens (tertiary/aromatic N) is 8. The summed E-state index contributed by atoms with van der Waals surface area (Å²) in [5, 5.41) is 8.75. The number of anilines is 1. The van der Waals surface area contributed by atoms with Gasteiger partial charge in [0.2, 0.25) is 0 Å². The van der Waals surface area contributed by atoms with Gasteiger partial charge in [0.25, 0.3) is 5.91 Å². The first-order valence-corrected chi connectivity index (χ1v) is 20.4. The van der Waals surface area contributed by atoms with E-state index in [2.05, 4.69) is 42.6 Å². The van der Waals surface area contributed by atoms with Crippen LogP contribution < -0.4 is 14.4 Å². The van der Waals surface area contributed by atoms with E-state index in [0.29, 0.717) is 60.8 Å². The van der Waals surface area contributed by atoms with Crippen LogP contribution in [-0.4, -0.2) is 124 Å². The number of nitrogens with one attached hydrogen (secondary N) is 1. The second-order valence-electron chi connectivity index (χ2n) is 16.5. The number of methoxy groups -OCH3 is 1. The summed E-state index contributed by atoms with van der Waals surface area (Å²) in [5.41, 5.74) is 4.95. The highest BCUT2D eigenvalue weighted by molar-refractivity contribution is 6.18. The Hall–Kier alpha value is -5.35. The standard InChI is InChI=1S/C43H48F3N9O4/c1-26-4-7-33-32(21-49-52-33)35(26)36-30(28-5-6-28)20-31-37(38(36)58-25-43(44,45)46)50-41(59-29-8-14-53(15-9-29)18-19-57-3)51-39(31)54-16-10-42(11-17-54)23-55(24-42)40(56)27(2)34-22-47-12-13-48-34/h4,7,12-13,20-22,28-29H,2,5-6,8-11,14-19,23-25H2,1,3H3,(H,49,52). The number of aromatic nitrogens is 6. The number of carbonyl (C=O) groups is 1. The minimum Gasteiger partial charge on any atom is -0.481 e. The smallest absolute Gasteiger partial charge is 0.422 e. The maximum absolute atomic E-state index is 14.2. The van der Waals surface area contributed by atoms with E-state index in [0.717, 1.165) is 85.8 Å². The predicted octanol–water partition coefficient (Wildman–Crippen LogP) is 6.72. The molecule has 3 aromatic heterocycles. The monoisotopic (exact) mass is 811 g/mol. The third kappa shape index (κ3) is 7.91. The zero-order valence-corrected chi connectivity index (χ0v) is 33.4. The molecule has 16 heteroatoms. The Morgan fingerprint density at radius 3 is 2.47 bits per heavy atom. The van der Waals surface area contributed by atoms with Crippen molar-refractivity contribution in [3.8, 4) is 22.9 Å². The normalized spacial score (nSPS) is 18.7. The third-order valence-corrected chi connectivity index (χ3v) is 12.4. The van der Waals surface area contributed by atoms with Gasteiger partial charge in [-0.2, -0.15) is 28.2 Å². The zero-order chi connectivity index (χ0) is 40.9. The Bertz CT molecular complexity index is 2360. The summed E-state index contributed by atoms with van der Waals surface area (Å²) in [6.45, 7) is 10.0. The van der Waals surface area contributed by atoms with Crippen LogP contribution in [0, 0.1) is 12.3 Å². The number of carbonyl (C=O) groups excluding carboxylic acids is 1. The van der Waals surface area contributed by atoms with Gasteiger partial charge in [-0.1, -0.05) is 12.6 Å². The molecule has 1 aliphatic carbocycles. The number of alkyl halides is 3. The van der Waals surface area contributed by atoms with Gasteiger partial charge in [-0.25, -0.2) is 0 Å². The van der Waals surface area contributed by atoms with Crippen LogP contribution in [0.1, 0.15) is 61.3 Å². The molecule has 1 saturated carbocycles. The highest BCUT2D eigenvalue weighted by Crippen LogP contribution is 2.53. The van der Waals surface area contributed by atoms with E-state index in [1.165, 1.54) is 0 Å². The molecule has 2 aromatic carbocycles. The molecule has 1 amide bonds. The Morgan fingerprint density at radius 2 is 1.78 bits per heavy atom. The Labute approximate surface area is 340 Å². The quantitative estimate of drug-likeness (QED) is 0.135. The lowest BCUT2D eigenvalue weighted by atomic mass is 9.71. The second kappa shape index (κ2) is 15.7. The van der Waals surface area contributed by atoms with Crippen molar-refractivity contribution in [3.63, 3.8) is 0 Å². The van der Waals surface area contributed by atoms with Crippen LogP contribution in [0.25, 0.3) is 38.5 Å². The number of aromatic amines is 1. The van der Waals surface area contributed by atoms with Crippen LogP contribution in [0.15, 0.2) is 49.6 Å². The maximum atomic E-state index is 14.2. The van der Waals surface area contributed by atoms with Gasteiger partial charge in [-0.3, -0.25) is 19.9 Å². The van der Waals surface area contributed by atoms with E-state index >= 15 is 0 Å². The number of likely N-dealkylation sites (tertiary alicyclic amines) is 2. The average Bonchev–Trinajstić information content (AvgIpc) is 3.97. The highest BCUT2D eigenvalue weighted by Gasteiger charge is 2.48. The molecule has 4 fully saturated rings. The molecule has 1 spiro atoms. The first-order chi connectivity index (χ1) is 28.5. The molecule has 0 unspecified atom stereocenters. The molecule has 0 bridgehead atoms. The number of piperidine rings is 2. The lowest BCUT2D eigenvalue weighted by molar-refractivity contribution is -0.153. The van der Waals surface area contributed by atoms with Gasteiger partial charge >= 0.3 is 12.2 Å². The molecule has 4 aliphatic rings. The van der Waals surface area contributed by atoms with Gasteiger partial charge in [0.1, 0.15) is 17.4 Å². The number of fused-ring (bicyclic) bond motifs is 2. The zero-order valence-electron chi connectivity index (χ0n) is 33.4. The summed E-state index contributed by atoms with van der Waals surface area (Å²) < 4.78 is 60.3. The maximum Gasteiger partial charge on any atom is 0.422 e. The molecule has 0 radical (unpaired) electrons. The largest absolute Gasteiger partial charge is 0.481 e. The number of aryl methyl sites for hydroxylation is 1. The number of hydrogen-bond acceptors (Lipinski definition) is 11. The summed E-state index contributed by atoms with van der Waals surface area (Å²) in [6.07, 6.45) is 6.48. The van der Waals surface area contributed by atoms with Crippen molar-refractivity contribution >= 4 is 39.1 Å². The molecule has 59 heavy (non-hydrogen) atoms. The van der Waals surface area contributed by atoms with Crippen LogP contribution in [0.2, 0.25) is 0 Å². The Balaban J connectivity index is 1.09. The van der Waals surface area contributed by atoms with E-state index in [-0.39, 0.29) is 40.6 Å². The summed E-state index contributed by atoms with van der Waals surface area (Å²) >= 11 is 0. The van der Waals surface area contributed by atoms with E-state index in [9.17, 15) is 18.0 Å². The summed E-state index contributed by atoms with van der Waals surface area (Å²) in [4.78, 5) is 38.0. The van der Waals surface area contributed by atoms with Crippen molar-refractivity contribution in [2.24, 2.45) is 5.41 Å². The first-order valence-electron chi connectivity index (χ1n) is 20.4. The van der Waals surface area contributed by atoms with Crippen LogP contribution in [0.4, 0.5) is 19.0 Å². The van der Waals surface area contributed by atoms with Crippen molar-refractivity contribution in [2.45, 2.75) is 63.6 Å². The van der Waals surface area contributed by atoms with Gasteiger partial charge in [0, 0.05) is 87.1 Å². The third-order valence-electron chi connectivity index (χ3n) is 12.4. The van der Waals surface area contributed by atoms with E-state index in [1.54, 1.807) is 31.9 Å². The van der Waals surface area contributed by atoms with Crippen molar-refractivity contribution in [1.29, 1.82) is 0 Å². The number of ether oxygens (including phenoxy) is 3. The molecular weight excluding hydrogens is 764 g/mol. The molecule has 0 atom stereocenters. The van der Waals surface area contributed by atoms with Crippen LogP contribution in [0.5, 0.6) is 11.8 Å². The summed E-state index contributed by atoms with van der Waals surface area (Å²) in [5.74, 6) is 0.675. The summed E-state index contributed by atoms with van der Waals surface area (Å²) in [6, 6.07) is 6.08. The fourth-order valence-electron chi connectivity index (χ4n) is 9.03. The predicted molar refractivity (Wildman–Crippen MR) is 216 cm³/mol. The fraction of sp³-hybridized carbons (Fsp3) is 0.488. The van der Waals surface area contributed by atoms with E-state index in [1.807, 2.05) is 24.0 Å². The number of benzene rings is 2. The molecule has 9 rings (SSSR count). The molecule has 6 heterocycles. The molecule has 5 aromatic rings. The Morgan fingerprint density at radius 1 is 1.00 bits per heavy atom. The van der Waals surface area contributed by atoms with Crippen molar-refractivity contribution < 1.29 is 32.2 Å². The van der Waals surface area contributed by atoms with E-state index < -0.39 is 12.8 Å². The van der Waals surface area contributed by atoms with Gasteiger partial charge in [-0.15, -0.1) is 0 Å². The number of rotatable bonds is 12. The van der Waals surface area contributed by atoms with Gasteiger partial charge in [0.05, 0.1) is 35.8 Å². The topological polar surface area (TPSA) is 135 Å². The van der Waals surface area contributed by atoms with Gasteiger partial charge in [0.15, 0.2) is 12.4 Å². The SMILES string of the molecule is C=C(C(=O)N1CC2(CCN(c3nc(OC4CCN(CCOC)CC4)nc4c(OCC(F)(F)F)c(-c5c(C)ccc6[nH]ncc56)c(C5CC5)cc34)CC2)C1)c1cnccn1. The lowest BCUT2D eigenvalue weighted by Crippen LogP contribution is -2.62. The molecule has 3 aliphatic heterocycles. The van der Waals surface area contributed by atoms with Gasteiger partial charge in [-0.05, 0) is 80.2 Å². The van der Waals surface area contributed by atoms with Crippen molar-refractivity contribution in [1.82, 2.24) is 39.9 Å². The lowest BCUT2D eigenvalue weighted by Gasteiger charge is -2.54. The van der Waals surface area contributed by atoms with Crippen LogP contribution in [-0.2, 0) is 9.53 Å². The molecule has 13 nitrogen and oxygen atoms in total. The van der Waals surface area contributed by atoms with Gasteiger partial charge < -0.3 is 28.9 Å². The number of hydrogen-bond donors (Lipinski definition) is 1.